The third kappa shape index (κ3) is 5.10. The Morgan fingerprint density at radius 3 is 2.52 bits per heavy atom. The summed E-state index contributed by atoms with van der Waals surface area (Å²) in [6.45, 7) is 2.20. The molecule has 21 heavy (non-hydrogen) atoms. The summed E-state index contributed by atoms with van der Waals surface area (Å²) in [6, 6.07) is 7.39. The average molecular weight is 290 g/mol. The summed E-state index contributed by atoms with van der Waals surface area (Å²) in [5.74, 6) is -0.119. The molecule has 5 heteroatoms. The first-order valence-electron chi connectivity index (χ1n) is 7.41. The molecular weight excluding hydrogens is 268 g/mol. The highest BCUT2D eigenvalue weighted by Gasteiger charge is 2.22. The molecule has 2 amide bonds. The van der Waals surface area contributed by atoms with E-state index in [9.17, 15) is 9.59 Å². The van der Waals surface area contributed by atoms with Gasteiger partial charge in [0.2, 0.25) is 0 Å². The Morgan fingerprint density at radius 1 is 1.24 bits per heavy atom. The summed E-state index contributed by atoms with van der Waals surface area (Å²) in [7, 11) is 0. The summed E-state index contributed by atoms with van der Waals surface area (Å²) < 4.78 is 0. The highest BCUT2D eigenvalue weighted by Crippen LogP contribution is 2.24. The van der Waals surface area contributed by atoms with Crippen LogP contribution in [0, 0.1) is 5.92 Å². The van der Waals surface area contributed by atoms with E-state index in [1.165, 1.54) is 6.42 Å². The summed E-state index contributed by atoms with van der Waals surface area (Å²) in [5.41, 5.74) is 1.67. The van der Waals surface area contributed by atoms with Gasteiger partial charge >= 0.3 is 12.0 Å². The molecule has 0 saturated heterocycles. The lowest BCUT2D eigenvalue weighted by Crippen LogP contribution is -2.36. The number of benzene rings is 1. The van der Waals surface area contributed by atoms with Gasteiger partial charge in [0.1, 0.15) is 0 Å². The number of amides is 2. The van der Waals surface area contributed by atoms with Crippen molar-refractivity contribution in [2.75, 3.05) is 5.32 Å². The van der Waals surface area contributed by atoms with Crippen LogP contribution in [0.5, 0.6) is 0 Å². The Balaban J connectivity index is 1.79. The molecule has 1 aliphatic carbocycles. The Kier molecular flexibility index (Phi) is 5.20. The smallest absolute Gasteiger partial charge is 0.319 e. The molecule has 1 aromatic carbocycles. The SMILES string of the molecule is CC1CCC(NC(=O)Nc2ccc(CCC(=O)O)cc2)C1. The molecule has 2 atom stereocenters. The van der Waals surface area contributed by atoms with Gasteiger partial charge < -0.3 is 15.7 Å². The van der Waals surface area contributed by atoms with Gasteiger partial charge in [-0.1, -0.05) is 19.1 Å². The second kappa shape index (κ2) is 7.11. The van der Waals surface area contributed by atoms with Crippen molar-refractivity contribution in [1.29, 1.82) is 0 Å². The van der Waals surface area contributed by atoms with E-state index in [1.54, 1.807) is 12.1 Å². The zero-order chi connectivity index (χ0) is 15.2. The number of anilines is 1. The number of hydrogen-bond acceptors (Lipinski definition) is 2. The number of urea groups is 1. The maximum Gasteiger partial charge on any atom is 0.319 e. The van der Waals surface area contributed by atoms with Crippen molar-refractivity contribution in [3.8, 4) is 0 Å². The van der Waals surface area contributed by atoms with E-state index in [2.05, 4.69) is 17.6 Å². The van der Waals surface area contributed by atoms with E-state index in [0.717, 1.165) is 24.1 Å². The molecule has 0 aromatic heterocycles. The molecular formula is C16H22N2O3. The molecule has 5 nitrogen and oxygen atoms in total. The lowest BCUT2D eigenvalue weighted by Gasteiger charge is -2.13. The van der Waals surface area contributed by atoms with Crippen molar-refractivity contribution < 1.29 is 14.7 Å². The van der Waals surface area contributed by atoms with Gasteiger partial charge in [-0.15, -0.1) is 0 Å². The van der Waals surface area contributed by atoms with Gasteiger partial charge in [0.05, 0.1) is 0 Å². The van der Waals surface area contributed by atoms with Gasteiger partial charge in [0.15, 0.2) is 0 Å². The fourth-order valence-electron chi connectivity index (χ4n) is 2.70. The molecule has 114 valence electrons. The van der Waals surface area contributed by atoms with Crippen LogP contribution in [0.25, 0.3) is 0 Å². The summed E-state index contributed by atoms with van der Waals surface area (Å²) in [4.78, 5) is 22.4. The zero-order valence-corrected chi connectivity index (χ0v) is 12.3. The van der Waals surface area contributed by atoms with E-state index < -0.39 is 5.97 Å². The molecule has 1 fully saturated rings. The Hall–Kier alpha value is -2.04. The van der Waals surface area contributed by atoms with E-state index in [0.29, 0.717) is 12.3 Å². The molecule has 0 heterocycles. The first-order chi connectivity index (χ1) is 10.0. The number of aliphatic carboxylic acids is 1. The predicted molar refractivity (Wildman–Crippen MR) is 81.4 cm³/mol. The Labute approximate surface area is 124 Å². The van der Waals surface area contributed by atoms with E-state index >= 15 is 0 Å². The number of rotatable bonds is 5. The van der Waals surface area contributed by atoms with Crippen molar-refractivity contribution in [1.82, 2.24) is 5.32 Å². The van der Waals surface area contributed by atoms with Crippen LogP contribution in [0.15, 0.2) is 24.3 Å². The molecule has 1 aliphatic rings. The highest BCUT2D eigenvalue weighted by atomic mass is 16.4. The van der Waals surface area contributed by atoms with Crippen LogP contribution in [-0.2, 0) is 11.2 Å². The first-order valence-corrected chi connectivity index (χ1v) is 7.41. The second-order valence-corrected chi connectivity index (χ2v) is 5.80. The van der Waals surface area contributed by atoms with Crippen LogP contribution >= 0.6 is 0 Å². The molecule has 1 aromatic rings. The van der Waals surface area contributed by atoms with Crippen molar-refractivity contribution in [2.24, 2.45) is 5.92 Å². The summed E-state index contributed by atoms with van der Waals surface area (Å²) in [5, 5.41) is 14.4. The second-order valence-electron chi connectivity index (χ2n) is 5.80. The van der Waals surface area contributed by atoms with Crippen molar-refractivity contribution >= 4 is 17.7 Å². The molecule has 3 N–H and O–H groups in total. The van der Waals surface area contributed by atoms with Gasteiger partial charge in [-0.3, -0.25) is 4.79 Å². The fourth-order valence-corrected chi connectivity index (χ4v) is 2.70. The maximum absolute atomic E-state index is 11.9. The van der Waals surface area contributed by atoms with Gasteiger partial charge in [0.25, 0.3) is 0 Å². The van der Waals surface area contributed by atoms with Crippen LogP contribution in [0.3, 0.4) is 0 Å². The lowest BCUT2D eigenvalue weighted by atomic mass is 10.1. The summed E-state index contributed by atoms with van der Waals surface area (Å²) >= 11 is 0. The van der Waals surface area contributed by atoms with E-state index in [1.807, 2.05) is 12.1 Å². The van der Waals surface area contributed by atoms with Crippen molar-refractivity contribution in [3.63, 3.8) is 0 Å². The third-order valence-electron chi connectivity index (χ3n) is 3.87. The number of carboxylic acid groups (broad SMARTS) is 1. The molecule has 0 bridgehead atoms. The minimum Gasteiger partial charge on any atom is -0.481 e. The van der Waals surface area contributed by atoms with Crippen LogP contribution in [0.4, 0.5) is 10.5 Å². The largest absolute Gasteiger partial charge is 0.481 e. The van der Waals surface area contributed by atoms with Crippen LogP contribution in [0.2, 0.25) is 0 Å². The fraction of sp³-hybridized carbons (Fsp3) is 0.500. The normalized spacial score (nSPS) is 21.0. The van der Waals surface area contributed by atoms with Crippen LogP contribution in [0.1, 0.15) is 38.2 Å². The maximum atomic E-state index is 11.9. The van der Waals surface area contributed by atoms with Gasteiger partial charge in [-0.05, 0) is 49.3 Å². The van der Waals surface area contributed by atoms with Crippen LogP contribution < -0.4 is 10.6 Å². The topological polar surface area (TPSA) is 78.4 Å². The highest BCUT2D eigenvalue weighted by molar-refractivity contribution is 5.89. The predicted octanol–water partition coefficient (Wildman–Crippen LogP) is 3.01. The molecule has 0 radical (unpaired) electrons. The minimum absolute atomic E-state index is 0.118. The quantitative estimate of drug-likeness (QED) is 0.780. The molecule has 1 saturated carbocycles. The van der Waals surface area contributed by atoms with E-state index in [4.69, 9.17) is 5.11 Å². The van der Waals surface area contributed by atoms with Gasteiger partial charge in [0, 0.05) is 18.2 Å². The standard InChI is InChI=1S/C16H22N2O3/c1-11-2-6-14(10-11)18-16(21)17-13-7-3-12(4-8-13)5-9-15(19)20/h3-4,7-8,11,14H,2,5-6,9-10H2,1H3,(H,19,20)(H2,17,18,21). The molecule has 2 unspecified atom stereocenters. The number of carbonyl (C=O) groups is 2. The van der Waals surface area contributed by atoms with Gasteiger partial charge in [-0.25, -0.2) is 4.79 Å². The lowest BCUT2D eigenvalue weighted by molar-refractivity contribution is -0.136. The minimum atomic E-state index is -0.803. The molecule has 2 rings (SSSR count). The summed E-state index contributed by atoms with van der Waals surface area (Å²) in [6.07, 6.45) is 3.88. The van der Waals surface area contributed by atoms with Gasteiger partial charge in [-0.2, -0.15) is 0 Å². The monoisotopic (exact) mass is 290 g/mol. The average Bonchev–Trinajstić information content (AvgIpc) is 2.83. The first kappa shape index (κ1) is 15.4. The van der Waals surface area contributed by atoms with E-state index in [-0.39, 0.29) is 18.5 Å². The number of nitrogens with one attached hydrogen (secondary N) is 2. The number of carbonyl (C=O) groups excluding carboxylic acids is 1. The Morgan fingerprint density at radius 2 is 1.95 bits per heavy atom. The number of carboxylic acids is 1. The number of aryl methyl sites for hydroxylation is 1. The zero-order valence-electron chi connectivity index (χ0n) is 12.3. The number of hydrogen-bond donors (Lipinski definition) is 3. The van der Waals surface area contributed by atoms with Crippen LogP contribution in [-0.4, -0.2) is 23.1 Å². The van der Waals surface area contributed by atoms with Crippen molar-refractivity contribution in [3.05, 3.63) is 29.8 Å². The van der Waals surface area contributed by atoms with Crippen molar-refractivity contribution in [2.45, 2.75) is 45.1 Å². The molecule has 0 spiro atoms. The Bertz CT molecular complexity index is 499. The third-order valence-corrected chi connectivity index (χ3v) is 3.87. The molecule has 0 aliphatic heterocycles.